The van der Waals surface area contributed by atoms with Crippen LogP contribution in [0.25, 0.3) is 0 Å². The average molecular weight is 415 g/mol. The van der Waals surface area contributed by atoms with Gasteiger partial charge in [-0.15, -0.1) is 0 Å². The van der Waals surface area contributed by atoms with Gasteiger partial charge in [0.05, 0.1) is 36.9 Å². The summed E-state index contributed by atoms with van der Waals surface area (Å²) in [5.41, 5.74) is 3.98. The third kappa shape index (κ3) is 4.14. The first-order chi connectivity index (χ1) is 15.0. The van der Waals surface area contributed by atoms with E-state index in [0.717, 1.165) is 22.6 Å². The Hall–Kier alpha value is -3.67. The quantitative estimate of drug-likeness (QED) is 0.649. The fourth-order valence-corrected chi connectivity index (χ4v) is 3.97. The number of amides is 2. The second-order valence-electron chi connectivity index (χ2n) is 7.73. The molecule has 0 radical (unpaired) electrons. The minimum atomic E-state index is -0.450. The summed E-state index contributed by atoms with van der Waals surface area (Å²) < 4.78 is 5.19. The van der Waals surface area contributed by atoms with Gasteiger partial charge in [0.15, 0.2) is 0 Å². The number of benzene rings is 2. The molecule has 1 aromatic heterocycles. The summed E-state index contributed by atoms with van der Waals surface area (Å²) in [5.74, 6) is 0.496. The Balaban J connectivity index is 1.56. The van der Waals surface area contributed by atoms with Gasteiger partial charge in [-0.3, -0.25) is 19.5 Å². The third-order valence-corrected chi connectivity index (χ3v) is 5.57. The van der Waals surface area contributed by atoms with Crippen molar-refractivity contribution >= 4 is 17.5 Å². The zero-order valence-electron chi connectivity index (χ0n) is 17.8. The number of methoxy groups -OCH3 is 1. The molecule has 4 rings (SSSR count). The molecule has 2 heterocycles. The first kappa shape index (κ1) is 20.6. The topological polar surface area (TPSA) is 71.5 Å². The Morgan fingerprint density at radius 2 is 1.94 bits per heavy atom. The van der Waals surface area contributed by atoms with E-state index in [1.54, 1.807) is 30.3 Å². The van der Waals surface area contributed by atoms with Crippen molar-refractivity contribution in [1.82, 2.24) is 10.3 Å². The fraction of sp³-hybridized carbons (Fsp3) is 0.240. The minimum Gasteiger partial charge on any atom is -0.497 e. The molecular weight excluding hydrogens is 390 g/mol. The predicted molar refractivity (Wildman–Crippen MR) is 119 cm³/mol. The van der Waals surface area contributed by atoms with E-state index >= 15 is 0 Å². The molecule has 3 aromatic rings. The normalized spacial score (nSPS) is 16.0. The number of aryl methyl sites for hydroxylation is 1. The van der Waals surface area contributed by atoms with Crippen molar-refractivity contribution in [3.05, 3.63) is 89.2 Å². The number of ether oxygens (including phenoxy) is 1. The lowest BCUT2D eigenvalue weighted by molar-refractivity contribution is -0.122. The van der Waals surface area contributed by atoms with Crippen molar-refractivity contribution in [3.8, 4) is 5.75 Å². The molecule has 2 amide bonds. The van der Waals surface area contributed by atoms with E-state index in [9.17, 15) is 9.59 Å². The van der Waals surface area contributed by atoms with Crippen LogP contribution in [0, 0.1) is 6.92 Å². The first-order valence-corrected chi connectivity index (χ1v) is 10.3. The molecule has 1 aliphatic rings. The second-order valence-corrected chi connectivity index (χ2v) is 7.73. The maximum atomic E-state index is 13.1. The SMILES string of the molecule is COc1ccc([C@@H](C)NC(=O)C[C@H]2c3ncccc3C(=O)N2c2cccc(C)c2)cc1. The Labute approximate surface area is 181 Å². The van der Waals surface area contributed by atoms with Gasteiger partial charge in [0.1, 0.15) is 5.75 Å². The lowest BCUT2D eigenvalue weighted by atomic mass is 10.1. The van der Waals surface area contributed by atoms with Crippen molar-refractivity contribution < 1.29 is 14.3 Å². The van der Waals surface area contributed by atoms with Crippen LogP contribution in [0.2, 0.25) is 0 Å². The Morgan fingerprint density at radius 3 is 2.65 bits per heavy atom. The summed E-state index contributed by atoms with van der Waals surface area (Å²) in [7, 11) is 1.62. The number of carbonyl (C=O) groups excluding carboxylic acids is 2. The van der Waals surface area contributed by atoms with E-state index in [-0.39, 0.29) is 24.3 Å². The number of fused-ring (bicyclic) bond motifs is 1. The summed E-state index contributed by atoms with van der Waals surface area (Å²) in [5, 5.41) is 3.04. The highest BCUT2D eigenvalue weighted by molar-refractivity contribution is 6.11. The van der Waals surface area contributed by atoms with Crippen LogP contribution in [0.1, 0.15) is 52.6 Å². The van der Waals surface area contributed by atoms with Crippen molar-refractivity contribution in [2.45, 2.75) is 32.4 Å². The highest BCUT2D eigenvalue weighted by atomic mass is 16.5. The monoisotopic (exact) mass is 415 g/mol. The van der Waals surface area contributed by atoms with Crippen LogP contribution in [0.4, 0.5) is 5.69 Å². The molecule has 1 aliphatic heterocycles. The maximum Gasteiger partial charge on any atom is 0.260 e. The van der Waals surface area contributed by atoms with Gasteiger partial charge in [0.25, 0.3) is 5.91 Å². The molecule has 2 atom stereocenters. The molecule has 0 spiro atoms. The first-order valence-electron chi connectivity index (χ1n) is 10.3. The predicted octanol–water partition coefficient (Wildman–Crippen LogP) is 4.37. The standard InChI is InChI=1S/C25H25N3O3/c1-16-6-4-7-19(14-16)28-22(24-21(25(28)30)8-5-13-26-24)15-23(29)27-17(2)18-9-11-20(31-3)12-10-18/h4-14,17,22H,15H2,1-3H3,(H,27,29)/t17-,22+/m1/s1. The molecule has 0 fully saturated rings. The molecule has 6 nitrogen and oxygen atoms in total. The van der Waals surface area contributed by atoms with Crippen molar-refractivity contribution in [1.29, 1.82) is 0 Å². The number of pyridine rings is 1. The summed E-state index contributed by atoms with van der Waals surface area (Å²) in [4.78, 5) is 32.2. The van der Waals surface area contributed by atoms with Gasteiger partial charge in [-0.05, 0) is 61.4 Å². The molecule has 2 aromatic carbocycles. The number of rotatable bonds is 6. The van der Waals surface area contributed by atoms with Crippen LogP contribution in [0.5, 0.6) is 5.75 Å². The zero-order valence-corrected chi connectivity index (χ0v) is 17.8. The summed E-state index contributed by atoms with van der Waals surface area (Å²) in [6.45, 7) is 3.91. The average Bonchev–Trinajstić information content (AvgIpc) is 3.05. The third-order valence-electron chi connectivity index (χ3n) is 5.57. The summed E-state index contributed by atoms with van der Waals surface area (Å²) >= 11 is 0. The van der Waals surface area contributed by atoms with Gasteiger partial charge in [-0.25, -0.2) is 0 Å². The van der Waals surface area contributed by atoms with Gasteiger partial charge in [0, 0.05) is 11.9 Å². The molecular formula is C25H25N3O3. The largest absolute Gasteiger partial charge is 0.497 e. The highest BCUT2D eigenvalue weighted by Crippen LogP contribution is 2.38. The lowest BCUT2D eigenvalue weighted by Gasteiger charge is -2.25. The molecule has 0 bridgehead atoms. The van der Waals surface area contributed by atoms with Crippen molar-refractivity contribution in [2.75, 3.05) is 12.0 Å². The summed E-state index contributed by atoms with van der Waals surface area (Å²) in [6, 6.07) is 18.2. The number of nitrogens with one attached hydrogen (secondary N) is 1. The molecule has 158 valence electrons. The number of carbonyl (C=O) groups is 2. The van der Waals surface area contributed by atoms with E-state index in [2.05, 4.69) is 10.3 Å². The number of aromatic nitrogens is 1. The van der Waals surface area contributed by atoms with E-state index < -0.39 is 6.04 Å². The van der Waals surface area contributed by atoms with E-state index in [1.807, 2.05) is 62.4 Å². The van der Waals surface area contributed by atoms with Crippen LogP contribution >= 0.6 is 0 Å². The van der Waals surface area contributed by atoms with Gasteiger partial charge >= 0.3 is 0 Å². The number of anilines is 1. The van der Waals surface area contributed by atoms with Gasteiger partial charge in [-0.1, -0.05) is 24.3 Å². The van der Waals surface area contributed by atoms with Crippen LogP contribution < -0.4 is 15.0 Å². The number of hydrogen-bond donors (Lipinski definition) is 1. The molecule has 1 N–H and O–H groups in total. The van der Waals surface area contributed by atoms with E-state index in [0.29, 0.717) is 11.3 Å². The molecule has 0 unspecified atom stereocenters. The second kappa shape index (κ2) is 8.60. The Kier molecular flexibility index (Phi) is 5.71. The van der Waals surface area contributed by atoms with Crippen LogP contribution in [-0.4, -0.2) is 23.9 Å². The number of nitrogens with zero attached hydrogens (tertiary/aromatic N) is 2. The maximum absolute atomic E-state index is 13.1. The van der Waals surface area contributed by atoms with Gasteiger partial charge < -0.3 is 10.1 Å². The minimum absolute atomic E-state index is 0.129. The molecule has 0 saturated carbocycles. The van der Waals surface area contributed by atoms with E-state index in [4.69, 9.17) is 4.74 Å². The molecule has 0 saturated heterocycles. The Morgan fingerprint density at radius 1 is 1.16 bits per heavy atom. The van der Waals surface area contributed by atoms with Gasteiger partial charge in [0.2, 0.25) is 5.91 Å². The van der Waals surface area contributed by atoms with Crippen LogP contribution in [-0.2, 0) is 4.79 Å². The number of hydrogen-bond acceptors (Lipinski definition) is 4. The summed E-state index contributed by atoms with van der Waals surface area (Å²) in [6.07, 6.45) is 1.79. The fourth-order valence-electron chi connectivity index (χ4n) is 3.97. The zero-order chi connectivity index (χ0) is 22.0. The smallest absolute Gasteiger partial charge is 0.260 e. The lowest BCUT2D eigenvalue weighted by Crippen LogP contribution is -2.34. The molecule has 0 aliphatic carbocycles. The van der Waals surface area contributed by atoms with Crippen LogP contribution in [0.15, 0.2) is 66.9 Å². The van der Waals surface area contributed by atoms with Gasteiger partial charge in [-0.2, -0.15) is 0 Å². The molecule has 6 heteroatoms. The Bertz CT molecular complexity index is 1110. The highest BCUT2D eigenvalue weighted by Gasteiger charge is 2.40. The van der Waals surface area contributed by atoms with E-state index in [1.165, 1.54) is 0 Å². The van der Waals surface area contributed by atoms with Crippen molar-refractivity contribution in [2.24, 2.45) is 0 Å². The molecule has 31 heavy (non-hydrogen) atoms. The van der Waals surface area contributed by atoms with Crippen LogP contribution in [0.3, 0.4) is 0 Å². The van der Waals surface area contributed by atoms with Crippen molar-refractivity contribution in [3.63, 3.8) is 0 Å².